The van der Waals surface area contributed by atoms with E-state index in [0.29, 0.717) is 24.3 Å². The molecule has 2 N–H and O–H groups in total. The van der Waals surface area contributed by atoms with E-state index in [9.17, 15) is 14.7 Å². The van der Waals surface area contributed by atoms with Crippen LogP contribution in [0.3, 0.4) is 0 Å². The molecule has 42 heavy (non-hydrogen) atoms. The van der Waals surface area contributed by atoms with Crippen molar-refractivity contribution in [3.05, 3.63) is 107 Å². The van der Waals surface area contributed by atoms with Gasteiger partial charge in [-0.15, -0.1) is 0 Å². The standard InChI is InChI=1S/C35H39NO5S/c1-4-5-15-32(33-19-18-31(41-33)26-12-7-6-8-13-26)40-23-25-16-17-28(29(22-25)27-14-10-9-11-24(27)2)34(37)36-30(35(38)39)20-21-42-3/h6-14,16-19,22,30,32H,4-5,15,20-21,23H2,1-3H3,(H,36,37)(H,38,39). The van der Waals surface area contributed by atoms with E-state index in [1.54, 1.807) is 17.8 Å². The van der Waals surface area contributed by atoms with E-state index < -0.39 is 17.9 Å². The maximum Gasteiger partial charge on any atom is 0.326 e. The maximum atomic E-state index is 13.4. The summed E-state index contributed by atoms with van der Waals surface area (Å²) in [4.78, 5) is 25.2. The van der Waals surface area contributed by atoms with Crippen LogP contribution in [0, 0.1) is 6.92 Å². The fraction of sp³-hybridized carbons (Fsp3) is 0.314. The Hall–Kier alpha value is -3.81. The highest BCUT2D eigenvalue weighted by Gasteiger charge is 2.23. The molecule has 0 spiro atoms. The largest absolute Gasteiger partial charge is 0.480 e. The van der Waals surface area contributed by atoms with E-state index >= 15 is 0 Å². The Morgan fingerprint density at radius 3 is 2.43 bits per heavy atom. The topological polar surface area (TPSA) is 88.8 Å². The molecule has 0 aliphatic carbocycles. The van der Waals surface area contributed by atoms with Crippen LogP contribution in [0.4, 0.5) is 0 Å². The Kier molecular flexibility index (Phi) is 11.4. The molecule has 220 valence electrons. The van der Waals surface area contributed by atoms with E-state index in [0.717, 1.165) is 58.6 Å². The van der Waals surface area contributed by atoms with Gasteiger partial charge in [0.1, 0.15) is 23.7 Å². The van der Waals surface area contributed by atoms with Crippen LogP contribution in [0.15, 0.2) is 89.3 Å². The number of hydrogen-bond donors (Lipinski definition) is 2. The zero-order valence-corrected chi connectivity index (χ0v) is 25.3. The Balaban J connectivity index is 1.59. The average Bonchev–Trinajstić information content (AvgIpc) is 3.50. The van der Waals surface area contributed by atoms with Crippen molar-refractivity contribution in [3.8, 4) is 22.5 Å². The number of benzene rings is 3. The predicted molar refractivity (Wildman–Crippen MR) is 170 cm³/mol. The van der Waals surface area contributed by atoms with Crippen LogP contribution in [0.5, 0.6) is 0 Å². The van der Waals surface area contributed by atoms with Gasteiger partial charge in [-0.3, -0.25) is 4.79 Å². The Morgan fingerprint density at radius 2 is 1.71 bits per heavy atom. The van der Waals surface area contributed by atoms with E-state index in [1.807, 2.05) is 92.0 Å². The van der Waals surface area contributed by atoms with Crippen LogP contribution in [-0.2, 0) is 16.1 Å². The molecular formula is C35H39NO5S. The summed E-state index contributed by atoms with van der Waals surface area (Å²) in [7, 11) is 0. The number of amides is 1. The van der Waals surface area contributed by atoms with Crippen molar-refractivity contribution in [1.82, 2.24) is 5.32 Å². The molecule has 1 aromatic heterocycles. The average molecular weight is 586 g/mol. The molecule has 0 saturated heterocycles. The Bertz CT molecular complexity index is 1470. The zero-order chi connectivity index (χ0) is 29.9. The summed E-state index contributed by atoms with van der Waals surface area (Å²) < 4.78 is 12.7. The van der Waals surface area contributed by atoms with Gasteiger partial charge in [0.25, 0.3) is 5.91 Å². The van der Waals surface area contributed by atoms with Gasteiger partial charge in [0, 0.05) is 11.1 Å². The number of carbonyl (C=O) groups is 2. The maximum absolute atomic E-state index is 13.4. The summed E-state index contributed by atoms with van der Waals surface area (Å²) in [5.74, 6) is 0.803. The van der Waals surface area contributed by atoms with E-state index in [1.165, 1.54) is 0 Å². The minimum Gasteiger partial charge on any atom is -0.480 e. The molecule has 0 radical (unpaired) electrons. The number of unbranched alkanes of at least 4 members (excludes halogenated alkanes) is 1. The first-order chi connectivity index (χ1) is 20.4. The molecule has 0 aliphatic heterocycles. The molecule has 4 rings (SSSR count). The number of thioether (sulfide) groups is 1. The van der Waals surface area contributed by atoms with Crippen LogP contribution >= 0.6 is 11.8 Å². The van der Waals surface area contributed by atoms with Crippen molar-refractivity contribution < 1.29 is 23.8 Å². The lowest BCUT2D eigenvalue weighted by Crippen LogP contribution is -2.41. The second-order valence-corrected chi connectivity index (χ2v) is 11.3. The van der Waals surface area contributed by atoms with Gasteiger partial charge in [-0.25, -0.2) is 4.79 Å². The summed E-state index contributed by atoms with van der Waals surface area (Å²) in [6.45, 7) is 4.49. The van der Waals surface area contributed by atoms with Crippen molar-refractivity contribution in [3.63, 3.8) is 0 Å². The second kappa shape index (κ2) is 15.4. The summed E-state index contributed by atoms with van der Waals surface area (Å²) in [6.07, 6.45) is 4.93. The highest BCUT2D eigenvalue weighted by atomic mass is 32.2. The number of nitrogens with one attached hydrogen (secondary N) is 1. The highest BCUT2D eigenvalue weighted by Crippen LogP contribution is 2.32. The van der Waals surface area contributed by atoms with Gasteiger partial charge in [0.05, 0.1) is 6.61 Å². The Labute approximate surface area is 252 Å². The van der Waals surface area contributed by atoms with Gasteiger partial charge < -0.3 is 19.6 Å². The van der Waals surface area contributed by atoms with Gasteiger partial charge in [0.15, 0.2) is 0 Å². The summed E-state index contributed by atoms with van der Waals surface area (Å²) in [5.41, 5.74) is 5.06. The van der Waals surface area contributed by atoms with Crippen LogP contribution in [-0.4, -0.2) is 35.0 Å². The molecule has 0 saturated carbocycles. The summed E-state index contributed by atoms with van der Waals surface area (Å²) in [5, 5.41) is 12.4. The van der Waals surface area contributed by atoms with Crippen LogP contribution in [0.1, 0.15) is 66.0 Å². The molecule has 0 bridgehead atoms. The van der Waals surface area contributed by atoms with Gasteiger partial charge in [0.2, 0.25) is 0 Å². The minimum absolute atomic E-state index is 0.208. The van der Waals surface area contributed by atoms with Crippen molar-refractivity contribution in [2.45, 2.75) is 58.3 Å². The molecular weight excluding hydrogens is 546 g/mol. The fourth-order valence-corrected chi connectivity index (χ4v) is 5.36. The third kappa shape index (κ3) is 8.14. The predicted octanol–water partition coefficient (Wildman–Crippen LogP) is 8.31. The lowest BCUT2D eigenvalue weighted by molar-refractivity contribution is -0.139. The third-order valence-corrected chi connectivity index (χ3v) is 7.90. The monoisotopic (exact) mass is 585 g/mol. The van der Waals surface area contributed by atoms with Gasteiger partial charge in [-0.1, -0.05) is 80.4 Å². The number of aryl methyl sites for hydroxylation is 1. The zero-order valence-electron chi connectivity index (χ0n) is 24.5. The normalized spacial score (nSPS) is 12.5. The summed E-state index contributed by atoms with van der Waals surface area (Å²) in [6, 6.07) is 26.5. The molecule has 3 aromatic carbocycles. The molecule has 0 aliphatic rings. The van der Waals surface area contributed by atoms with Crippen molar-refractivity contribution in [1.29, 1.82) is 0 Å². The third-order valence-electron chi connectivity index (χ3n) is 7.25. The number of carboxylic acids is 1. The molecule has 1 amide bonds. The smallest absolute Gasteiger partial charge is 0.326 e. The molecule has 6 nitrogen and oxygen atoms in total. The number of carboxylic acid groups (broad SMARTS) is 1. The van der Waals surface area contributed by atoms with E-state index in [2.05, 4.69) is 12.2 Å². The van der Waals surface area contributed by atoms with E-state index in [-0.39, 0.29) is 6.10 Å². The van der Waals surface area contributed by atoms with Gasteiger partial charge in [-0.05, 0) is 78.3 Å². The second-order valence-electron chi connectivity index (χ2n) is 10.4. The van der Waals surface area contributed by atoms with Gasteiger partial charge in [-0.2, -0.15) is 11.8 Å². The molecule has 0 fully saturated rings. The number of carbonyl (C=O) groups excluding carboxylic acids is 1. The Morgan fingerprint density at radius 1 is 0.952 bits per heavy atom. The first-order valence-electron chi connectivity index (χ1n) is 14.4. The number of hydrogen-bond acceptors (Lipinski definition) is 5. The fourth-order valence-electron chi connectivity index (χ4n) is 4.88. The number of furan rings is 1. The molecule has 1 heterocycles. The molecule has 2 unspecified atom stereocenters. The molecule has 7 heteroatoms. The van der Waals surface area contributed by atoms with Gasteiger partial charge >= 0.3 is 5.97 Å². The highest BCUT2D eigenvalue weighted by molar-refractivity contribution is 7.98. The van der Waals surface area contributed by atoms with E-state index in [4.69, 9.17) is 9.15 Å². The van der Waals surface area contributed by atoms with Crippen LogP contribution in [0.25, 0.3) is 22.5 Å². The number of rotatable bonds is 15. The minimum atomic E-state index is -1.04. The lowest BCUT2D eigenvalue weighted by Gasteiger charge is -2.19. The van der Waals surface area contributed by atoms with Crippen molar-refractivity contribution >= 4 is 23.6 Å². The van der Waals surface area contributed by atoms with Crippen LogP contribution < -0.4 is 5.32 Å². The van der Waals surface area contributed by atoms with Crippen molar-refractivity contribution in [2.75, 3.05) is 12.0 Å². The molecule has 4 aromatic rings. The van der Waals surface area contributed by atoms with Crippen LogP contribution in [0.2, 0.25) is 0 Å². The first kappa shape index (κ1) is 31.1. The number of aliphatic carboxylic acids is 1. The summed E-state index contributed by atoms with van der Waals surface area (Å²) >= 11 is 1.55. The number of ether oxygens (including phenoxy) is 1. The first-order valence-corrected chi connectivity index (χ1v) is 15.8. The lowest BCUT2D eigenvalue weighted by atomic mass is 9.93. The quantitative estimate of drug-likeness (QED) is 0.146. The molecule has 2 atom stereocenters. The SMILES string of the molecule is CCCCC(OCc1ccc(C(=O)NC(CCSC)C(=O)O)c(-c2ccccc2C)c1)c1ccc(-c2ccccc2)o1. The van der Waals surface area contributed by atoms with Crippen molar-refractivity contribution in [2.24, 2.45) is 0 Å².